The normalized spacial score (nSPS) is 31.3. The molecule has 0 radical (unpaired) electrons. The third-order valence-electron chi connectivity index (χ3n) is 2.69. The Labute approximate surface area is 72.8 Å². The minimum absolute atomic E-state index is 0.620. The number of carbonyl (C=O) groups is 1. The molecule has 1 unspecified atom stereocenters. The fourth-order valence-electron chi connectivity index (χ4n) is 1.71. The highest BCUT2D eigenvalue weighted by atomic mass is 16.4. The van der Waals surface area contributed by atoms with Crippen LogP contribution in [0.2, 0.25) is 0 Å². The van der Waals surface area contributed by atoms with E-state index in [1.165, 1.54) is 0 Å². The van der Waals surface area contributed by atoms with Crippen molar-refractivity contribution in [2.45, 2.75) is 12.0 Å². The highest BCUT2D eigenvalue weighted by Gasteiger charge is 2.45. The van der Waals surface area contributed by atoms with Gasteiger partial charge in [-0.3, -0.25) is 9.69 Å². The van der Waals surface area contributed by atoms with Gasteiger partial charge in [0.25, 0.3) is 0 Å². The number of nitrogens with zero attached hydrogens (tertiary/aromatic N) is 2. The number of likely N-dealkylation sites (N-methyl/N-ethyl adjacent to an activating group) is 2. The molecular weight excluding hydrogens is 156 g/mol. The second-order valence-electron chi connectivity index (χ2n) is 3.72. The van der Waals surface area contributed by atoms with E-state index in [4.69, 9.17) is 5.11 Å². The Kier molecular flexibility index (Phi) is 2.39. The van der Waals surface area contributed by atoms with Gasteiger partial charge >= 0.3 is 5.97 Å². The molecule has 0 aromatic rings. The Hall–Kier alpha value is -0.610. The van der Waals surface area contributed by atoms with Crippen LogP contribution in [0.15, 0.2) is 0 Å². The van der Waals surface area contributed by atoms with Gasteiger partial charge in [-0.25, -0.2) is 0 Å². The van der Waals surface area contributed by atoms with Crippen molar-refractivity contribution >= 4 is 5.97 Å². The van der Waals surface area contributed by atoms with Crippen LogP contribution in [0.25, 0.3) is 0 Å². The molecule has 1 aliphatic heterocycles. The van der Waals surface area contributed by atoms with Crippen LogP contribution in [0.4, 0.5) is 0 Å². The summed E-state index contributed by atoms with van der Waals surface area (Å²) >= 11 is 0. The topological polar surface area (TPSA) is 43.8 Å². The van der Waals surface area contributed by atoms with Gasteiger partial charge < -0.3 is 10.0 Å². The van der Waals surface area contributed by atoms with E-state index in [1.807, 2.05) is 26.0 Å². The van der Waals surface area contributed by atoms with E-state index in [0.717, 1.165) is 6.54 Å². The summed E-state index contributed by atoms with van der Waals surface area (Å²) in [4.78, 5) is 14.9. The molecule has 1 fully saturated rings. The molecule has 1 atom stereocenters. The minimum Gasteiger partial charge on any atom is -0.480 e. The van der Waals surface area contributed by atoms with Gasteiger partial charge in [-0.2, -0.15) is 0 Å². The first kappa shape index (κ1) is 9.48. The second-order valence-corrected chi connectivity index (χ2v) is 3.72. The van der Waals surface area contributed by atoms with Crippen LogP contribution in [0.3, 0.4) is 0 Å². The molecule has 1 rings (SSSR count). The number of carboxylic acids is 1. The van der Waals surface area contributed by atoms with Gasteiger partial charge in [0.05, 0.1) is 0 Å². The number of hydrogen-bond donors (Lipinski definition) is 1. The van der Waals surface area contributed by atoms with Crippen molar-refractivity contribution in [2.24, 2.45) is 0 Å². The van der Waals surface area contributed by atoms with Gasteiger partial charge in [0.1, 0.15) is 5.54 Å². The Morgan fingerprint density at radius 3 is 2.33 bits per heavy atom. The van der Waals surface area contributed by atoms with Crippen LogP contribution < -0.4 is 0 Å². The van der Waals surface area contributed by atoms with Gasteiger partial charge in [-0.05, 0) is 27.6 Å². The molecular formula is C8H16N2O2. The lowest BCUT2D eigenvalue weighted by atomic mass is 9.98. The van der Waals surface area contributed by atoms with Crippen molar-refractivity contribution in [1.82, 2.24) is 9.80 Å². The minimum atomic E-state index is -0.711. The first-order valence-corrected chi connectivity index (χ1v) is 4.08. The molecule has 4 nitrogen and oxygen atoms in total. The van der Waals surface area contributed by atoms with Crippen LogP contribution in [0.1, 0.15) is 6.42 Å². The predicted molar refractivity (Wildman–Crippen MR) is 46.2 cm³/mol. The summed E-state index contributed by atoms with van der Waals surface area (Å²) in [6.07, 6.45) is 0.714. The van der Waals surface area contributed by atoms with Crippen LogP contribution in [0, 0.1) is 0 Å². The Morgan fingerprint density at radius 2 is 2.17 bits per heavy atom. The summed E-state index contributed by atoms with van der Waals surface area (Å²) in [5, 5.41) is 9.08. The number of carboxylic acid groups (broad SMARTS) is 1. The molecule has 1 heterocycles. The van der Waals surface area contributed by atoms with Crippen molar-refractivity contribution in [3.8, 4) is 0 Å². The maximum Gasteiger partial charge on any atom is 0.325 e. The lowest BCUT2D eigenvalue weighted by Crippen LogP contribution is -2.52. The van der Waals surface area contributed by atoms with Crippen molar-refractivity contribution in [2.75, 3.05) is 34.2 Å². The van der Waals surface area contributed by atoms with Crippen molar-refractivity contribution in [1.29, 1.82) is 0 Å². The molecule has 1 saturated heterocycles. The Bertz CT molecular complexity index is 193. The van der Waals surface area contributed by atoms with E-state index >= 15 is 0 Å². The number of hydrogen-bond acceptors (Lipinski definition) is 3. The number of rotatable bonds is 2. The fraction of sp³-hybridized carbons (Fsp3) is 0.875. The van der Waals surface area contributed by atoms with Crippen LogP contribution in [-0.2, 0) is 4.79 Å². The zero-order valence-corrected chi connectivity index (χ0v) is 7.87. The molecule has 0 aromatic heterocycles. The molecule has 0 aliphatic carbocycles. The van der Waals surface area contributed by atoms with Gasteiger partial charge in [0, 0.05) is 13.1 Å². The van der Waals surface area contributed by atoms with Crippen molar-refractivity contribution < 1.29 is 9.90 Å². The fourth-order valence-corrected chi connectivity index (χ4v) is 1.71. The van der Waals surface area contributed by atoms with E-state index in [1.54, 1.807) is 4.90 Å². The maximum absolute atomic E-state index is 11.0. The third kappa shape index (κ3) is 1.32. The largest absolute Gasteiger partial charge is 0.480 e. The van der Waals surface area contributed by atoms with Gasteiger partial charge in [-0.1, -0.05) is 0 Å². The van der Waals surface area contributed by atoms with Crippen LogP contribution >= 0.6 is 0 Å². The molecule has 0 bridgehead atoms. The maximum atomic E-state index is 11.0. The molecule has 1 N–H and O–H groups in total. The standard InChI is InChI=1S/C8H16N2O2/c1-9(2)8(7(11)12)4-5-10(3)6-8/h4-6H2,1-3H3,(H,11,12). The molecule has 0 spiro atoms. The third-order valence-corrected chi connectivity index (χ3v) is 2.69. The quantitative estimate of drug-likeness (QED) is 0.621. The first-order valence-electron chi connectivity index (χ1n) is 4.08. The summed E-state index contributed by atoms with van der Waals surface area (Å²) in [6.45, 7) is 1.49. The average Bonchev–Trinajstić information content (AvgIpc) is 2.32. The zero-order valence-electron chi connectivity index (χ0n) is 7.87. The van der Waals surface area contributed by atoms with E-state index in [2.05, 4.69) is 0 Å². The summed E-state index contributed by atoms with van der Waals surface area (Å²) in [5.41, 5.74) is -0.658. The summed E-state index contributed by atoms with van der Waals surface area (Å²) in [6, 6.07) is 0. The molecule has 70 valence electrons. The van der Waals surface area contributed by atoms with E-state index in [-0.39, 0.29) is 0 Å². The first-order chi connectivity index (χ1) is 5.49. The summed E-state index contributed by atoms with van der Waals surface area (Å²) in [7, 11) is 5.61. The van der Waals surface area contributed by atoms with E-state index < -0.39 is 11.5 Å². The van der Waals surface area contributed by atoms with Gasteiger partial charge in [0.2, 0.25) is 0 Å². The molecule has 0 saturated carbocycles. The summed E-state index contributed by atoms with van der Waals surface area (Å²) in [5.74, 6) is -0.711. The smallest absolute Gasteiger partial charge is 0.325 e. The monoisotopic (exact) mass is 172 g/mol. The van der Waals surface area contributed by atoms with Gasteiger partial charge in [0.15, 0.2) is 0 Å². The van der Waals surface area contributed by atoms with Crippen molar-refractivity contribution in [3.63, 3.8) is 0 Å². The zero-order chi connectivity index (χ0) is 9.35. The summed E-state index contributed by atoms with van der Waals surface area (Å²) < 4.78 is 0. The molecule has 0 aromatic carbocycles. The molecule has 12 heavy (non-hydrogen) atoms. The van der Waals surface area contributed by atoms with E-state index in [0.29, 0.717) is 13.0 Å². The average molecular weight is 172 g/mol. The van der Waals surface area contributed by atoms with E-state index in [9.17, 15) is 4.79 Å². The highest BCUT2D eigenvalue weighted by Crippen LogP contribution is 2.25. The van der Waals surface area contributed by atoms with Crippen molar-refractivity contribution in [3.05, 3.63) is 0 Å². The molecule has 0 amide bonds. The predicted octanol–water partition coefficient (Wildman–Crippen LogP) is -0.293. The Balaban J connectivity index is 2.82. The number of aliphatic carboxylic acids is 1. The number of likely N-dealkylation sites (tertiary alicyclic amines) is 1. The molecule has 1 aliphatic rings. The lowest BCUT2D eigenvalue weighted by molar-refractivity contribution is -0.149. The SMILES string of the molecule is CN1CCC(C(=O)O)(N(C)C)C1. The second kappa shape index (κ2) is 3.03. The van der Waals surface area contributed by atoms with Crippen LogP contribution in [-0.4, -0.2) is 60.6 Å². The van der Waals surface area contributed by atoms with Gasteiger partial charge in [-0.15, -0.1) is 0 Å². The molecule has 4 heteroatoms. The highest BCUT2D eigenvalue weighted by molar-refractivity contribution is 5.79. The lowest BCUT2D eigenvalue weighted by Gasteiger charge is -2.31. The Morgan fingerprint density at radius 1 is 1.58 bits per heavy atom. The van der Waals surface area contributed by atoms with Crippen LogP contribution in [0.5, 0.6) is 0 Å².